The largest absolute Gasteiger partial charge is 0.368 e. The van der Waals surface area contributed by atoms with Crippen molar-refractivity contribution >= 4 is 13.3 Å². The van der Waals surface area contributed by atoms with Crippen LogP contribution >= 0.6 is 7.60 Å². The fourth-order valence-electron chi connectivity index (χ4n) is 2.42. The van der Waals surface area contributed by atoms with E-state index in [2.05, 4.69) is 5.32 Å². The Bertz CT molecular complexity index is 650. The predicted octanol–water partition coefficient (Wildman–Crippen LogP) is 5.37. The Morgan fingerprint density at radius 3 is 2.22 bits per heavy atom. The summed E-state index contributed by atoms with van der Waals surface area (Å²) in [4.78, 5) is 0. The van der Waals surface area contributed by atoms with Gasteiger partial charge in [-0.3, -0.25) is 4.57 Å². The number of nitrogens with one attached hydrogen (secondary N) is 1. The maximum Gasteiger partial charge on any atom is 0.357 e. The van der Waals surface area contributed by atoms with Gasteiger partial charge in [0.15, 0.2) is 5.78 Å². The van der Waals surface area contributed by atoms with Crippen molar-refractivity contribution < 1.29 is 13.6 Å². The van der Waals surface area contributed by atoms with E-state index in [9.17, 15) is 4.57 Å². The standard InChI is InChI=1S/C18H24NO3P/c1-4-21-23(20,22-5-2)18(16-11-9-10-15(3)14-16)19-17-12-7-6-8-13-17/h6-14,18-19H,4-5H2,1-3H3. The number of anilines is 1. The van der Waals surface area contributed by atoms with E-state index < -0.39 is 13.4 Å². The van der Waals surface area contributed by atoms with Crippen LogP contribution in [0.25, 0.3) is 0 Å². The SMILES string of the molecule is CCOP(=O)(OCC)C(Nc1ccccc1)c1cccc(C)c1. The van der Waals surface area contributed by atoms with Crippen LogP contribution in [-0.2, 0) is 13.6 Å². The van der Waals surface area contributed by atoms with Gasteiger partial charge in [0.1, 0.15) is 0 Å². The van der Waals surface area contributed by atoms with Crippen LogP contribution in [0.3, 0.4) is 0 Å². The Morgan fingerprint density at radius 1 is 1.00 bits per heavy atom. The second-order valence-electron chi connectivity index (χ2n) is 5.20. The fourth-order valence-corrected chi connectivity index (χ4v) is 4.35. The van der Waals surface area contributed by atoms with Gasteiger partial charge in [0.25, 0.3) is 0 Å². The van der Waals surface area contributed by atoms with E-state index in [0.29, 0.717) is 13.2 Å². The van der Waals surface area contributed by atoms with E-state index in [-0.39, 0.29) is 0 Å². The Labute approximate surface area is 138 Å². The summed E-state index contributed by atoms with van der Waals surface area (Å²) in [7, 11) is -3.35. The van der Waals surface area contributed by atoms with Crippen LogP contribution in [0.5, 0.6) is 0 Å². The molecular weight excluding hydrogens is 309 g/mol. The smallest absolute Gasteiger partial charge is 0.357 e. The summed E-state index contributed by atoms with van der Waals surface area (Å²) in [6.07, 6.45) is 0. The van der Waals surface area contributed by atoms with Gasteiger partial charge in [-0.25, -0.2) is 0 Å². The van der Waals surface area contributed by atoms with Crippen molar-refractivity contribution in [2.24, 2.45) is 0 Å². The average molecular weight is 333 g/mol. The maximum atomic E-state index is 13.3. The predicted molar refractivity (Wildman–Crippen MR) is 94.8 cm³/mol. The molecule has 124 valence electrons. The van der Waals surface area contributed by atoms with Gasteiger partial charge in [-0.05, 0) is 38.5 Å². The van der Waals surface area contributed by atoms with Crippen molar-refractivity contribution in [2.75, 3.05) is 18.5 Å². The van der Waals surface area contributed by atoms with Crippen LogP contribution in [0.2, 0.25) is 0 Å². The molecule has 0 fully saturated rings. The Hall–Kier alpha value is -1.61. The fraction of sp³-hybridized carbons (Fsp3) is 0.333. The first-order valence-corrected chi connectivity index (χ1v) is 9.47. The van der Waals surface area contributed by atoms with Gasteiger partial charge in [-0.2, -0.15) is 0 Å². The van der Waals surface area contributed by atoms with Crippen molar-refractivity contribution in [3.63, 3.8) is 0 Å². The molecule has 0 saturated heterocycles. The zero-order valence-corrected chi connectivity index (χ0v) is 14.8. The Morgan fingerprint density at radius 2 is 1.65 bits per heavy atom. The van der Waals surface area contributed by atoms with Gasteiger partial charge in [0, 0.05) is 5.69 Å². The molecule has 2 aromatic carbocycles. The number of hydrogen-bond acceptors (Lipinski definition) is 4. The van der Waals surface area contributed by atoms with Gasteiger partial charge in [0.05, 0.1) is 13.2 Å². The van der Waals surface area contributed by atoms with Crippen LogP contribution in [0, 0.1) is 6.92 Å². The van der Waals surface area contributed by atoms with Crippen LogP contribution in [0.1, 0.15) is 30.8 Å². The molecule has 0 aliphatic heterocycles. The highest BCUT2D eigenvalue weighted by atomic mass is 31.2. The van der Waals surface area contributed by atoms with Gasteiger partial charge in [-0.1, -0.05) is 48.0 Å². The minimum atomic E-state index is -3.35. The number of hydrogen-bond donors (Lipinski definition) is 1. The molecular formula is C18H24NO3P. The van der Waals surface area contributed by atoms with Gasteiger partial charge in [0.2, 0.25) is 0 Å². The molecule has 0 aliphatic carbocycles. The topological polar surface area (TPSA) is 47.6 Å². The van der Waals surface area contributed by atoms with Crippen molar-refractivity contribution in [3.8, 4) is 0 Å². The van der Waals surface area contributed by atoms with Crippen LogP contribution in [-0.4, -0.2) is 13.2 Å². The highest BCUT2D eigenvalue weighted by Crippen LogP contribution is 2.60. The first-order valence-electron chi connectivity index (χ1n) is 7.86. The summed E-state index contributed by atoms with van der Waals surface area (Å²) in [6.45, 7) is 6.31. The lowest BCUT2D eigenvalue weighted by Crippen LogP contribution is -2.15. The van der Waals surface area contributed by atoms with Crippen molar-refractivity contribution in [3.05, 3.63) is 65.7 Å². The van der Waals surface area contributed by atoms with E-state index >= 15 is 0 Å². The monoisotopic (exact) mass is 333 g/mol. The lowest BCUT2D eigenvalue weighted by Gasteiger charge is -2.28. The lowest BCUT2D eigenvalue weighted by atomic mass is 10.1. The second-order valence-corrected chi connectivity index (χ2v) is 7.31. The normalized spacial score (nSPS) is 12.8. The summed E-state index contributed by atoms with van der Waals surface area (Å²) < 4.78 is 24.5. The molecule has 4 nitrogen and oxygen atoms in total. The number of aryl methyl sites for hydroxylation is 1. The van der Waals surface area contributed by atoms with E-state index in [4.69, 9.17) is 9.05 Å². The first-order chi connectivity index (χ1) is 11.1. The molecule has 0 bridgehead atoms. The average Bonchev–Trinajstić information content (AvgIpc) is 2.54. The number of rotatable bonds is 8. The van der Waals surface area contributed by atoms with E-state index in [1.807, 2.05) is 75.4 Å². The summed E-state index contributed by atoms with van der Waals surface area (Å²) in [5.74, 6) is -0.551. The molecule has 0 aliphatic rings. The third-order valence-electron chi connectivity index (χ3n) is 3.37. The molecule has 2 rings (SSSR count). The highest BCUT2D eigenvalue weighted by molar-refractivity contribution is 7.54. The van der Waals surface area contributed by atoms with E-state index in [1.54, 1.807) is 0 Å². The van der Waals surface area contributed by atoms with E-state index in [1.165, 1.54) is 0 Å². The summed E-state index contributed by atoms with van der Waals surface area (Å²) >= 11 is 0. The molecule has 0 saturated carbocycles. The number of benzene rings is 2. The lowest BCUT2D eigenvalue weighted by molar-refractivity contribution is 0.214. The molecule has 1 atom stereocenters. The van der Waals surface area contributed by atoms with Gasteiger partial charge >= 0.3 is 7.60 Å². The van der Waals surface area contributed by atoms with Crippen LogP contribution in [0.4, 0.5) is 5.69 Å². The molecule has 23 heavy (non-hydrogen) atoms. The highest BCUT2D eigenvalue weighted by Gasteiger charge is 2.37. The molecule has 0 radical (unpaired) electrons. The zero-order chi connectivity index (χ0) is 16.7. The van der Waals surface area contributed by atoms with Crippen molar-refractivity contribution in [1.29, 1.82) is 0 Å². The Kier molecular flexibility index (Phi) is 6.40. The van der Waals surface area contributed by atoms with E-state index in [0.717, 1.165) is 16.8 Å². The van der Waals surface area contributed by atoms with Crippen molar-refractivity contribution in [1.82, 2.24) is 0 Å². The first kappa shape index (κ1) is 17.7. The quantitative estimate of drug-likeness (QED) is 0.660. The number of para-hydroxylation sites is 1. The second kappa shape index (κ2) is 8.30. The summed E-state index contributed by atoms with van der Waals surface area (Å²) in [6, 6.07) is 17.6. The molecule has 0 amide bonds. The molecule has 0 aromatic heterocycles. The maximum absolute atomic E-state index is 13.3. The molecule has 1 unspecified atom stereocenters. The Balaban J connectivity index is 2.43. The summed E-state index contributed by atoms with van der Waals surface area (Å²) in [5.41, 5.74) is 2.86. The summed E-state index contributed by atoms with van der Waals surface area (Å²) in [5, 5.41) is 3.32. The molecule has 5 heteroatoms. The van der Waals surface area contributed by atoms with Crippen LogP contribution in [0.15, 0.2) is 54.6 Å². The third kappa shape index (κ3) is 4.68. The molecule has 1 N–H and O–H groups in total. The van der Waals surface area contributed by atoms with Crippen molar-refractivity contribution in [2.45, 2.75) is 26.6 Å². The third-order valence-corrected chi connectivity index (χ3v) is 5.67. The zero-order valence-electron chi connectivity index (χ0n) is 13.9. The van der Waals surface area contributed by atoms with Gasteiger partial charge in [-0.15, -0.1) is 0 Å². The molecule has 0 spiro atoms. The molecule has 0 heterocycles. The minimum absolute atomic E-state index is 0.329. The molecule has 2 aromatic rings. The minimum Gasteiger partial charge on any atom is -0.368 e. The van der Waals surface area contributed by atoms with Crippen LogP contribution < -0.4 is 5.32 Å². The van der Waals surface area contributed by atoms with Gasteiger partial charge < -0.3 is 14.4 Å².